The number of carbonyl (C=O) groups is 3. The molecule has 6 heteroatoms. The highest BCUT2D eigenvalue weighted by Gasteiger charge is 2.19. The van der Waals surface area contributed by atoms with Crippen LogP contribution >= 0.6 is 0 Å². The SMILES string of the molecule is CCCCCCCCCCCCCC(=O)O[C@H](COC(=O)CCCCCCCCCCCCC(C)CC)COC(=O)CCCCCCCCC(C)CC. The van der Waals surface area contributed by atoms with E-state index in [1.807, 2.05) is 0 Å². The van der Waals surface area contributed by atoms with Crippen LogP contribution < -0.4 is 0 Å². The van der Waals surface area contributed by atoms with Crippen LogP contribution in [0.2, 0.25) is 0 Å². The predicted molar refractivity (Wildman–Crippen MR) is 224 cm³/mol. The highest BCUT2D eigenvalue weighted by Crippen LogP contribution is 2.17. The number of rotatable bonds is 41. The zero-order valence-electron chi connectivity index (χ0n) is 36.1. The van der Waals surface area contributed by atoms with E-state index >= 15 is 0 Å². The van der Waals surface area contributed by atoms with E-state index in [0.717, 1.165) is 69.6 Å². The van der Waals surface area contributed by atoms with Gasteiger partial charge in [0.25, 0.3) is 0 Å². The molecule has 0 aromatic heterocycles. The molecule has 3 atom stereocenters. The zero-order chi connectivity index (χ0) is 39.0. The van der Waals surface area contributed by atoms with Gasteiger partial charge in [-0.3, -0.25) is 14.4 Å². The van der Waals surface area contributed by atoms with Gasteiger partial charge in [-0.05, 0) is 31.1 Å². The van der Waals surface area contributed by atoms with Gasteiger partial charge in [0.15, 0.2) is 6.10 Å². The number of hydrogen-bond acceptors (Lipinski definition) is 6. The third-order valence-corrected chi connectivity index (χ3v) is 11.2. The van der Waals surface area contributed by atoms with Crippen molar-refractivity contribution in [3.8, 4) is 0 Å². The van der Waals surface area contributed by atoms with Gasteiger partial charge in [0.1, 0.15) is 13.2 Å². The summed E-state index contributed by atoms with van der Waals surface area (Å²) in [5.74, 6) is 0.825. The van der Waals surface area contributed by atoms with Crippen LogP contribution in [0, 0.1) is 11.8 Å². The number of unbranched alkanes of at least 4 members (excludes halogenated alkanes) is 24. The molecule has 0 amide bonds. The zero-order valence-corrected chi connectivity index (χ0v) is 36.1. The Hall–Kier alpha value is -1.59. The Balaban J connectivity index is 4.34. The summed E-state index contributed by atoms with van der Waals surface area (Å²) < 4.78 is 16.7. The van der Waals surface area contributed by atoms with E-state index in [1.54, 1.807) is 0 Å². The smallest absolute Gasteiger partial charge is 0.306 e. The predicted octanol–water partition coefficient (Wildman–Crippen LogP) is 14.6. The maximum atomic E-state index is 12.7. The first-order valence-corrected chi connectivity index (χ1v) is 23.3. The normalized spacial score (nSPS) is 13.1. The third kappa shape index (κ3) is 38.5. The van der Waals surface area contributed by atoms with Crippen LogP contribution in [0.4, 0.5) is 0 Å². The number of carbonyl (C=O) groups excluding carboxylic acids is 3. The summed E-state index contributed by atoms with van der Waals surface area (Å²) in [6, 6.07) is 0. The van der Waals surface area contributed by atoms with Crippen LogP contribution in [0.3, 0.4) is 0 Å². The van der Waals surface area contributed by atoms with Crippen molar-refractivity contribution in [1.29, 1.82) is 0 Å². The molecule has 53 heavy (non-hydrogen) atoms. The van der Waals surface area contributed by atoms with Crippen molar-refractivity contribution in [1.82, 2.24) is 0 Å². The maximum absolute atomic E-state index is 12.7. The molecule has 0 radical (unpaired) electrons. The molecular formula is C47H90O6. The van der Waals surface area contributed by atoms with Crippen molar-refractivity contribution in [2.75, 3.05) is 13.2 Å². The van der Waals surface area contributed by atoms with Crippen LogP contribution in [0.25, 0.3) is 0 Å². The maximum Gasteiger partial charge on any atom is 0.306 e. The monoisotopic (exact) mass is 751 g/mol. The summed E-state index contributed by atoms with van der Waals surface area (Å²) in [7, 11) is 0. The van der Waals surface area contributed by atoms with Crippen LogP contribution in [0.15, 0.2) is 0 Å². The van der Waals surface area contributed by atoms with E-state index in [4.69, 9.17) is 14.2 Å². The summed E-state index contributed by atoms with van der Waals surface area (Å²) >= 11 is 0. The second-order valence-corrected chi connectivity index (χ2v) is 16.5. The molecule has 6 nitrogen and oxygen atoms in total. The van der Waals surface area contributed by atoms with Crippen molar-refractivity contribution < 1.29 is 28.6 Å². The van der Waals surface area contributed by atoms with E-state index < -0.39 is 6.10 Å². The Kier molecular flexibility index (Phi) is 38.9. The first-order valence-electron chi connectivity index (χ1n) is 23.3. The summed E-state index contributed by atoms with van der Waals surface area (Å²) in [4.78, 5) is 37.7. The highest BCUT2D eigenvalue weighted by atomic mass is 16.6. The molecule has 0 spiro atoms. The molecule has 0 aliphatic rings. The van der Waals surface area contributed by atoms with Crippen LogP contribution in [0.1, 0.15) is 253 Å². The average Bonchev–Trinajstić information content (AvgIpc) is 3.15. The van der Waals surface area contributed by atoms with Gasteiger partial charge in [0.05, 0.1) is 0 Å². The third-order valence-electron chi connectivity index (χ3n) is 11.2. The standard InChI is InChI=1S/C47H90O6/c1-6-9-10-11-12-13-14-19-22-29-34-39-47(50)53-44(41-52-46(49)38-33-28-24-23-26-31-36-43(5)8-3)40-51-45(48)37-32-27-21-18-16-15-17-20-25-30-35-42(4)7-2/h42-44H,6-41H2,1-5H3/t42?,43?,44-/m1/s1. The Morgan fingerprint density at radius 2 is 0.660 bits per heavy atom. The van der Waals surface area contributed by atoms with E-state index in [9.17, 15) is 14.4 Å². The molecule has 0 N–H and O–H groups in total. The van der Waals surface area contributed by atoms with Gasteiger partial charge >= 0.3 is 17.9 Å². The summed E-state index contributed by atoms with van der Waals surface area (Å²) in [5, 5.41) is 0. The van der Waals surface area contributed by atoms with Gasteiger partial charge in [0.2, 0.25) is 0 Å². The number of ether oxygens (including phenoxy) is 3. The first-order chi connectivity index (χ1) is 25.8. The van der Waals surface area contributed by atoms with Gasteiger partial charge in [-0.2, -0.15) is 0 Å². The molecule has 0 aromatic rings. The lowest BCUT2D eigenvalue weighted by atomic mass is 9.99. The number of esters is 3. The molecule has 0 aromatic carbocycles. The molecule has 0 aliphatic heterocycles. The van der Waals surface area contributed by atoms with Crippen LogP contribution in [-0.2, 0) is 28.6 Å². The lowest BCUT2D eigenvalue weighted by Crippen LogP contribution is -2.30. The summed E-state index contributed by atoms with van der Waals surface area (Å²) in [5.41, 5.74) is 0. The first kappa shape index (κ1) is 51.4. The van der Waals surface area contributed by atoms with Gasteiger partial charge < -0.3 is 14.2 Å². The molecule has 0 rings (SSSR count). The van der Waals surface area contributed by atoms with Gasteiger partial charge in [0, 0.05) is 19.3 Å². The fraction of sp³-hybridized carbons (Fsp3) is 0.936. The lowest BCUT2D eigenvalue weighted by Gasteiger charge is -2.18. The largest absolute Gasteiger partial charge is 0.462 e. The molecule has 0 bridgehead atoms. The van der Waals surface area contributed by atoms with Crippen molar-refractivity contribution in [3.05, 3.63) is 0 Å². The van der Waals surface area contributed by atoms with Crippen molar-refractivity contribution in [3.63, 3.8) is 0 Å². The Bertz CT molecular complexity index is 813. The van der Waals surface area contributed by atoms with E-state index in [2.05, 4.69) is 34.6 Å². The quantitative estimate of drug-likeness (QED) is 0.0352. The Labute approximate surface area is 329 Å². The molecule has 0 aliphatic carbocycles. The highest BCUT2D eigenvalue weighted by molar-refractivity contribution is 5.71. The molecule has 2 unspecified atom stereocenters. The Morgan fingerprint density at radius 1 is 0.377 bits per heavy atom. The van der Waals surface area contributed by atoms with E-state index in [1.165, 1.54) is 141 Å². The van der Waals surface area contributed by atoms with Crippen molar-refractivity contribution in [2.45, 2.75) is 259 Å². The summed E-state index contributed by atoms with van der Waals surface area (Å²) in [6.07, 6.45) is 37.9. The fourth-order valence-electron chi connectivity index (χ4n) is 6.86. The molecular weight excluding hydrogens is 661 g/mol. The second-order valence-electron chi connectivity index (χ2n) is 16.5. The molecule has 0 saturated heterocycles. The molecule has 314 valence electrons. The van der Waals surface area contributed by atoms with Gasteiger partial charge in [-0.15, -0.1) is 0 Å². The molecule has 0 saturated carbocycles. The van der Waals surface area contributed by atoms with Crippen LogP contribution in [-0.4, -0.2) is 37.2 Å². The van der Waals surface area contributed by atoms with Crippen LogP contribution in [0.5, 0.6) is 0 Å². The number of hydrogen-bond donors (Lipinski definition) is 0. The van der Waals surface area contributed by atoms with E-state index in [-0.39, 0.29) is 31.1 Å². The minimum Gasteiger partial charge on any atom is -0.462 e. The minimum absolute atomic E-state index is 0.0654. The topological polar surface area (TPSA) is 78.9 Å². The minimum atomic E-state index is -0.760. The van der Waals surface area contributed by atoms with E-state index in [0.29, 0.717) is 19.3 Å². The summed E-state index contributed by atoms with van der Waals surface area (Å²) in [6.45, 7) is 11.3. The van der Waals surface area contributed by atoms with Crippen molar-refractivity contribution >= 4 is 17.9 Å². The van der Waals surface area contributed by atoms with Crippen molar-refractivity contribution in [2.24, 2.45) is 11.8 Å². The Morgan fingerprint density at radius 3 is 0.981 bits per heavy atom. The van der Waals surface area contributed by atoms with Gasteiger partial charge in [-0.25, -0.2) is 0 Å². The fourth-order valence-corrected chi connectivity index (χ4v) is 6.86. The second kappa shape index (κ2) is 40.1. The average molecular weight is 751 g/mol. The molecule has 0 fully saturated rings. The van der Waals surface area contributed by atoms with Gasteiger partial charge in [-0.1, -0.05) is 214 Å². The molecule has 0 heterocycles. The lowest BCUT2D eigenvalue weighted by molar-refractivity contribution is -0.167.